The van der Waals surface area contributed by atoms with Gasteiger partial charge in [-0.25, -0.2) is 0 Å². The van der Waals surface area contributed by atoms with Crippen LogP contribution < -0.4 is 9.47 Å². The van der Waals surface area contributed by atoms with Gasteiger partial charge in [-0.1, -0.05) is 5.16 Å². The predicted octanol–water partition coefficient (Wildman–Crippen LogP) is 3.56. The minimum atomic E-state index is -0.0109. The van der Waals surface area contributed by atoms with Crippen molar-refractivity contribution in [1.29, 1.82) is 0 Å². The van der Waals surface area contributed by atoms with Gasteiger partial charge in [0.1, 0.15) is 13.2 Å². The zero-order valence-electron chi connectivity index (χ0n) is 17.4. The summed E-state index contributed by atoms with van der Waals surface area (Å²) < 4.78 is 16.7. The van der Waals surface area contributed by atoms with E-state index >= 15 is 0 Å². The largest absolute Gasteiger partial charge is 0.486 e. The normalized spacial score (nSPS) is 18.0. The lowest BCUT2D eigenvalue weighted by molar-refractivity contribution is 0.0774. The first-order valence-electron chi connectivity index (χ1n) is 10.6. The van der Waals surface area contributed by atoms with E-state index in [0.29, 0.717) is 42.0 Å². The summed E-state index contributed by atoms with van der Waals surface area (Å²) in [7, 11) is 0. The first-order valence-corrected chi connectivity index (χ1v) is 10.6. The molecule has 160 valence electrons. The average Bonchev–Trinajstić information content (AvgIpc) is 3.34. The van der Waals surface area contributed by atoms with Gasteiger partial charge in [-0.3, -0.25) is 14.7 Å². The van der Waals surface area contributed by atoms with Gasteiger partial charge < -0.3 is 14.0 Å². The number of hydrogen-bond donors (Lipinski definition) is 0. The van der Waals surface area contributed by atoms with Crippen molar-refractivity contribution in [2.24, 2.45) is 5.92 Å². The van der Waals surface area contributed by atoms with Crippen molar-refractivity contribution < 1.29 is 18.8 Å². The standard InChI is InChI=1S/C23H24N4O4/c1-15(23-25-22(26-31-23)18-3-2-8-24-14-18)27-9-6-16(7-10-27)21(28)17-4-5-19-20(13-17)30-12-11-29-19/h2-5,8,13-16H,6-7,9-12H2,1H3. The summed E-state index contributed by atoms with van der Waals surface area (Å²) in [6, 6.07) is 9.21. The number of piperidine rings is 1. The second-order valence-electron chi connectivity index (χ2n) is 7.91. The number of ether oxygens (including phenoxy) is 2. The lowest BCUT2D eigenvalue weighted by Gasteiger charge is -2.34. The Labute approximate surface area is 180 Å². The van der Waals surface area contributed by atoms with Crippen molar-refractivity contribution in [3.05, 3.63) is 54.2 Å². The first kappa shape index (κ1) is 19.7. The Bertz CT molecular complexity index is 1060. The molecule has 0 amide bonds. The molecule has 0 aliphatic carbocycles. The molecule has 1 saturated heterocycles. The van der Waals surface area contributed by atoms with Crippen LogP contribution >= 0.6 is 0 Å². The number of benzene rings is 1. The predicted molar refractivity (Wildman–Crippen MR) is 112 cm³/mol. The molecule has 2 aliphatic rings. The molecule has 0 spiro atoms. The lowest BCUT2D eigenvalue weighted by atomic mass is 9.88. The second-order valence-corrected chi connectivity index (χ2v) is 7.91. The molecule has 0 saturated carbocycles. The molecule has 2 aromatic heterocycles. The molecular weight excluding hydrogens is 396 g/mol. The van der Waals surface area contributed by atoms with Gasteiger partial charge in [0.15, 0.2) is 17.3 Å². The number of nitrogens with zero attached hydrogens (tertiary/aromatic N) is 4. The van der Waals surface area contributed by atoms with Crippen molar-refractivity contribution in [3.63, 3.8) is 0 Å². The number of pyridine rings is 1. The van der Waals surface area contributed by atoms with E-state index in [9.17, 15) is 4.79 Å². The minimum absolute atomic E-state index is 0.000326. The Morgan fingerprint density at radius 2 is 1.94 bits per heavy atom. The van der Waals surface area contributed by atoms with Crippen LogP contribution in [0.4, 0.5) is 0 Å². The van der Waals surface area contributed by atoms with Crippen LogP contribution in [0.5, 0.6) is 11.5 Å². The van der Waals surface area contributed by atoms with E-state index in [1.807, 2.05) is 30.3 Å². The molecule has 4 heterocycles. The fourth-order valence-electron chi connectivity index (χ4n) is 4.15. The molecule has 1 fully saturated rings. The smallest absolute Gasteiger partial charge is 0.244 e. The Morgan fingerprint density at radius 3 is 2.71 bits per heavy atom. The Kier molecular flexibility index (Phi) is 5.38. The van der Waals surface area contributed by atoms with Gasteiger partial charge in [0.25, 0.3) is 0 Å². The SMILES string of the molecule is CC(c1nc(-c2cccnc2)no1)N1CCC(C(=O)c2ccc3c(c2)OCCO3)CC1. The number of carbonyl (C=O) groups is 1. The summed E-state index contributed by atoms with van der Waals surface area (Å²) in [4.78, 5) is 24.0. The molecule has 0 radical (unpaired) electrons. The van der Waals surface area contributed by atoms with Crippen molar-refractivity contribution >= 4 is 5.78 Å². The number of hydrogen-bond acceptors (Lipinski definition) is 8. The van der Waals surface area contributed by atoms with Crippen LogP contribution in [0.3, 0.4) is 0 Å². The summed E-state index contributed by atoms with van der Waals surface area (Å²) >= 11 is 0. The van der Waals surface area contributed by atoms with E-state index < -0.39 is 0 Å². The number of carbonyl (C=O) groups excluding carboxylic acids is 1. The zero-order chi connectivity index (χ0) is 21.2. The van der Waals surface area contributed by atoms with Gasteiger partial charge in [0.05, 0.1) is 6.04 Å². The van der Waals surface area contributed by atoms with Crippen molar-refractivity contribution in [2.75, 3.05) is 26.3 Å². The Morgan fingerprint density at radius 1 is 1.13 bits per heavy atom. The summed E-state index contributed by atoms with van der Waals surface area (Å²) in [5.74, 6) is 2.65. The summed E-state index contributed by atoms with van der Waals surface area (Å²) in [6.07, 6.45) is 5.01. The number of rotatable bonds is 5. The maximum Gasteiger partial charge on any atom is 0.244 e. The van der Waals surface area contributed by atoms with Crippen LogP contribution in [0.25, 0.3) is 11.4 Å². The molecule has 8 heteroatoms. The number of ketones is 1. The highest BCUT2D eigenvalue weighted by Crippen LogP contribution is 2.33. The summed E-state index contributed by atoms with van der Waals surface area (Å²) in [6.45, 7) is 4.71. The number of fused-ring (bicyclic) bond motifs is 1. The monoisotopic (exact) mass is 420 g/mol. The number of aromatic nitrogens is 3. The van der Waals surface area contributed by atoms with Crippen molar-refractivity contribution in [3.8, 4) is 22.9 Å². The molecule has 0 bridgehead atoms. The molecule has 1 aromatic carbocycles. The fourth-order valence-corrected chi connectivity index (χ4v) is 4.15. The van der Waals surface area contributed by atoms with Gasteiger partial charge in [-0.15, -0.1) is 0 Å². The van der Waals surface area contributed by atoms with Crippen molar-refractivity contribution in [2.45, 2.75) is 25.8 Å². The maximum atomic E-state index is 13.0. The Hall–Kier alpha value is -3.26. The molecule has 5 rings (SSSR count). The van der Waals surface area contributed by atoms with E-state index in [-0.39, 0.29) is 17.7 Å². The second kappa shape index (κ2) is 8.47. The molecule has 31 heavy (non-hydrogen) atoms. The van der Waals surface area contributed by atoms with E-state index in [2.05, 4.69) is 26.9 Å². The third-order valence-corrected chi connectivity index (χ3v) is 5.99. The van der Waals surface area contributed by atoms with Crippen molar-refractivity contribution in [1.82, 2.24) is 20.0 Å². The molecule has 1 unspecified atom stereocenters. The van der Waals surface area contributed by atoms with Crippen LogP contribution in [0, 0.1) is 5.92 Å². The highest BCUT2D eigenvalue weighted by Gasteiger charge is 2.31. The highest BCUT2D eigenvalue weighted by atomic mass is 16.6. The maximum absolute atomic E-state index is 13.0. The van der Waals surface area contributed by atoms with E-state index in [4.69, 9.17) is 14.0 Å². The molecule has 0 N–H and O–H groups in total. The molecule has 8 nitrogen and oxygen atoms in total. The van der Waals surface area contributed by atoms with Gasteiger partial charge in [-0.05, 0) is 63.2 Å². The number of Topliss-reactive ketones (excluding diaryl/α,β-unsaturated/α-hetero) is 1. The minimum Gasteiger partial charge on any atom is -0.486 e. The van der Waals surface area contributed by atoms with Gasteiger partial charge >= 0.3 is 0 Å². The first-order chi connectivity index (χ1) is 15.2. The van der Waals surface area contributed by atoms with Crippen LogP contribution in [0.1, 0.15) is 42.1 Å². The molecular formula is C23H24N4O4. The lowest BCUT2D eigenvalue weighted by Crippen LogP contribution is -2.38. The summed E-state index contributed by atoms with van der Waals surface area (Å²) in [5, 5.41) is 4.09. The van der Waals surface area contributed by atoms with Crippen LogP contribution in [0.15, 0.2) is 47.2 Å². The molecule has 1 atom stereocenters. The number of likely N-dealkylation sites (tertiary alicyclic amines) is 1. The van der Waals surface area contributed by atoms with E-state index in [0.717, 1.165) is 31.5 Å². The molecule has 3 aromatic rings. The van der Waals surface area contributed by atoms with Crippen LogP contribution in [0.2, 0.25) is 0 Å². The molecule has 2 aliphatic heterocycles. The third kappa shape index (κ3) is 4.03. The zero-order valence-corrected chi connectivity index (χ0v) is 17.4. The van der Waals surface area contributed by atoms with Gasteiger partial charge in [-0.2, -0.15) is 4.98 Å². The van der Waals surface area contributed by atoms with Crippen LogP contribution in [-0.4, -0.2) is 52.1 Å². The van der Waals surface area contributed by atoms with E-state index in [1.165, 1.54) is 0 Å². The highest BCUT2D eigenvalue weighted by molar-refractivity contribution is 5.98. The quantitative estimate of drug-likeness (QED) is 0.579. The topological polar surface area (TPSA) is 90.6 Å². The van der Waals surface area contributed by atoms with E-state index in [1.54, 1.807) is 12.4 Å². The summed E-state index contributed by atoms with van der Waals surface area (Å²) in [5.41, 5.74) is 1.52. The average molecular weight is 420 g/mol. The Balaban J connectivity index is 1.21. The third-order valence-electron chi connectivity index (χ3n) is 5.99. The van der Waals surface area contributed by atoms with Gasteiger partial charge in [0.2, 0.25) is 11.7 Å². The van der Waals surface area contributed by atoms with Crippen LogP contribution in [-0.2, 0) is 0 Å². The van der Waals surface area contributed by atoms with Gasteiger partial charge in [0, 0.05) is 29.4 Å². The fraction of sp³-hybridized carbons (Fsp3) is 0.391.